The number of benzene rings is 1. The zero-order valence-electron chi connectivity index (χ0n) is 15.2. The van der Waals surface area contributed by atoms with Gasteiger partial charge in [-0.1, -0.05) is 19.8 Å². The highest BCUT2D eigenvalue weighted by Gasteiger charge is 2.29. The van der Waals surface area contributed by atoms with E-state index >= 15 is 0 Å². The highest BCUT2D eigenvalue weighted by atomic mass is 19.1. The van der Waals surface area contributed by atoms with Crippen LogP contribution in [0.1, 0.15) is 43.1 Å². The number of hydrogen-bond donors (Lipinski definition) is 1. The van der Waals surface area contributed by atoms with E-state index in [0.717, 1.165) is 24.9 Å². The van der Waals surface area contributed by atoms with Gasteiger partial charge in [0.05, 0.1) is 0 Å². The van der Waals surface area contributed by atoms with Gasteiger partial charge in [0.25, 0.3) is 11.5 Å². The Morgan fingerprint density at radius 1 is 1.15 bits per heavy atom. The Balaban J connectivity index is 1.58. The molecule has 0 unspecified atom stereocenters. The van der Waals surface area contributed by atoms with E-state index in [1.54, 1.807) is 17.0 Å². The van der Waals surface area contributed by atoms with E-state index in [4.69, 9.17) is 0 Å². The van der Waals surface area contributed by atoms with Crippen molar-refractivity contribution in [3.8, 4) is 0 Å². The lowest BCUT2D eigenvalue weighted by molar-refractivity contribution is 0.0901. The fourth-order valence-electron chi connectivity index (χ4n) is 3.89. The molecule has 27 heavy (non-hydrogen) atoms. The normalized spacial score (nSPS) is 21.8. The maximum absolute atomic E-state index is 13.1. The molecule has 1 aliphatic carbocycles. The second-order valence-electron chi connectivity index (χ2n) is 7.28. The van der Waals surface area contributed by atoms with Crippen LogP contribution < -0.4 is 15.8 Å². The van der Waals surface area contributed by atoms with Crippen molar-refractivity contribution in [1.29, 1.82) is 0 Å². The molecule has 1 fully saturated rings. The number of carbonyl (C=O) groups excluding carboxylic acids is 1. The molecule has 2 aromatic rings. The number of hydrogen-bond acceptors (Lipinski definition) is 5. The van der Waals surface area contributed by atoms with Gasteiger partial charge in [-0.2, -0.15) is 0 Å². The third-order valence-corrected chi connectivity index (χ3v) is 5.50. The van der Waals surface area contributed by atoms with Crippen LogP contribution in [0.5, 0.6) is 0 Å². The first-order chi connectivity index (χ1) is 13.0. The molecule has 0 radical (unpaired) electrons. The van der Waals surface area contributed by atoms with E-state index < -0.39 is 11.5 Å². The van der Waals surface area contributed by atoms with Gasteiger partial charge in [0.2, 0.25) is 11.6 Å². The van der Waals surface area contributed by atoms with E-state index in [-0.39, 0.29) is 17.6 Å². The zero-order valence-corrected chi connectivity index (χ0v) is 15.2. The molecule has 1 aliphatic heterocycles. The minimum Gasteiger partial charge on any atom is -0.347 e. The molecule has 8 heteroatoms. The lowest BCUT2D eigenvalue weighted by atomic mass is 9.86. The first-order valence-corrected chi connectivity index (χ1v) is 9.36. The molecule has 1 amide bonds. The van der Waals surface area contributed by atoms with Crippen LogP contribution in [0.25, 0.3) is 0 Å². The number of rotatable bonds is 3. The summed E-state index contributed by atoms with van der Waals surface area (Å²) in [5.41, 5.74) is 0.118. The van der Waals surface area contributed by atoms with Gasteiger partial charge in [-0.15, -0.1) is 10.2 Å². The van der Waals surface area contributed by atoms with Gasteiger partial charge in [0.1, 0.15) is 5.82 Å². The predicted molar refractivity (Wildman–Crippen MR) is 98.6 cm³/mol. The van der Waals surface area contributed by atoms with E-state index in [0.29, 0.717) is 25.0 Å². The summed E-state index contributed by atoms with van der Waals surface area (Å²) in [7, 11) is 0. The average Bonchev–Trinajstić information content (AvgIpc) is 3.09. The molecule has 0 spiro atoms. The van der Waals surface area contributed by atoms with Crippen molar-refractivity contribution in [2.24, 2.45) is 5.92 Å². The molecule has 1 aromatic heterocycles. The van der Waals surface area contributed by atoms with Crippen molar-refractivity contribution < 1.29 is 9.18 Å². The van der Waals surface area contributed by atoms with Crippen LogP contribution in [0.3, 0.4) is 0 Å². The van der Waals surface area contributed by atoms with Gasteiger partial charge in [-0.3, -0.25) is 14.2 Å². The van der Waals surface area contributed by atoms with Crippen molar-refractivity contribution >= 4 is 17.5 Å². The summed E-state index contributed by atoms with van der Waals surface area (Å²) in [5, 5.41) is 11.0. The van der Waals surface area contributed by atoms with Crippen LogP contribution in [0, 0.1) is 11.7 Å². The topological polar surface area (TPSA) is 80.1 Å². The smallest absolute Gasteiger partial charge is 0.286 e. The Kier molecular flexibility index (Phi) is 4.63. The molecule has 2 atom stereocenters. The maximum atomic E-state index is 13.1. The Bertz CT molecular complexity index is 911. The molecule has 0 saturated heterocycles. The number of aromatic nitrogens is 3. The number of fused-ring (bicyclic) bond motifs is 1. The lowest BCUT2D eigenvalue weighted by Crippen LogP contribution is -2.44. The molecule has 142 valence electrons. The summed E-state index contributed by atoms with van der Waals surface area (Å²) in [6.45, 7) is 3.04. The van der Waals surface area contributed by atoms with Gasteiger partial charge in [-0.25, -0.2) is 4.39 Å². The van der Waals surface area contributed by atoms with Gasteiger partial charge in [0, 0.05) is 24.8 Å². The molecule has 1 N–H and O–H groups in total. The lowest BCUT2D eigenvalue weighted by Gasteiger charge is -2.29. The molecule has 0 bridgehead atoms. The van der Waals surface area contributed by atoms with Gasteiger partial charge in [0.15, 0.2) is 0 Å². The molecular formula is C19H22FN5O2. The van der Waals surface area contributed by atoms with E-state index in [2.05, 4.69) is 22.4 Å². The predicted octanol–water partition coefficient (Wildman–Crippen LogP) is 2.24. The SMILES string of the molecule is C[C@@H]1CCCC[C@@H]1NC(=O)c1nnc2n(c1=O)CCN2c1ccc(F)cc1. The van der Waals surface area contributed by atoms with Crippen molar-refractivity contribution in [2.75, 3.05) is 11.4 Å². The van der Waals surface area contributed by atoms with Crippen molar-refractivity contribution in [3.63, 3.8) is 0 Å². The fraction of sp³-hybridized carbons (Fsp3) is 0.474. The van der Waals surface area contributed by atoms with Crippen molar-refractivity contribution in [1.82, 2.24) is 20.1 Å². The first kappa shape index (κ1) is 17.6. The third-order valence-electron chi connectivity index (χ3n) is 5.50. The average molecular weight is 371 g/mol. The fourth-order valence-corrected chi connectivity index (χ4v) is 3.89. The first-order valence-electron chi connectivity index (χ1n) is 9.36. The van der Waals surface area contributed by atoms with Crippen LogP contribution in [0.2, 0.25) is 0 Å². The highest BCUT2D eigenvalue weighted by Crippen LogP contribution is 2.27. The number of carbonyl (C=O) groups is 1. The summed E-state index contributed by atoms with van der Waals surface area (Å²) in [4.78, 5) is 27.1. The highest BCUT2D eigenvalue weighted by molar-refractivity contribution is 5.92. The number of anilines is 2. The summed E-state index contributed by atoms with van der Waals surface area (Å²) in [6, 6.07) is 6.04. The monoisotopic (exact) mass is 371 g/mol. The van der Waals surface area contributed by atoms with Crippen LogP contribution in [0.4, 0.5) is 16.0 Å². The van der Waals surface area contributed by atoms with Crippen molar-refractivity contribution in [2.45, 2.75) is 45.2 Å². The van der Waals surface area contributed by atoms with Crippen LogP contribution in [-0.2, 0) is 6.54 Å². The minimum atomic E-state index is -0.457. The van der Waals surface area contributed by atoms with Gasteiger partial charge in [-0.05, 0) is 43.0 Å². The number of amides is 1. The molecule has 7 nitrogen and oxygen atoms in total. The second kappa shape index (κ2) is 7.09. The molecule has 1 saturated carbocycles. The standard InChI is InChI=1S/C19H22FN5O2/c1-12-4-2-3-5-15(12)21-17(26)16-18(27)25-11-10-24(19(25)23-22-16)14-8-6-13(20)7-9-14/h6-9,12,15H,2-5,10-11H2,1H3,(H,21,26)/t12-,15+/m1/s1. The summed E-state index contributed by atoms with van der Waals surface area (Å²) in [6.07, 6.45) is 4.25. The minimum absolute atomic E-state index is 0.0708. The quantitative estimate of drug-likeness (QED) is 0.895. The Hall–Kier alpha value is -2.77. The molecule has 2 heterocycles. The number of nitrogens with one attached hydrogen (secondary N) is 1. The van der Waals surface area contributed by atoms with Crippen molar-refractivity contribution in [3.05, 3.63) is 46.1 Å². The van der Waals surface area contributed by atoms with E-state index in [1.165, 1.54) is 23.1 Å². The summed E-state index contributed by atoms with van der Waals surface area (Å²) >= 11 is 0. The van der Waals surface area contributed by atoms with Gasteiger partial charge < -0.3 is 10.2 Å². The van der Waals surface area contributed by atoms with Crippen LogP contribution in [0.15, 0.2) is 29.1 Å². The Labute approximate surface area is 156 Å². The Morgan fingerprint density at radius 3 is 2.63 bits per heavy atom. The molecule has 1 aromatic carbocycles. The molecule has 2 aliphatic rings. The molecule has 4 rings (SSSR count). The zero-order chi connectivity index (χ0) is 19.0. The second-order valence-corrected chi connectivity index (χ2v) is 7.28. The van der Waals surface area contributed by atoms with E-state index in [1.807, 2.05) is 0 Å². The number of nitrogens with zero attached hydrogens (tertiary/aromatic N) is 4. The Morgan fingerprint density at radius 2 is 1.89 bits per heavy atom. The molecular weight excluding hydrogens is 349 g/mol. The van der Waals surface area contributed by atoms with Gasteiger partial charge >= 0.3 is 0 Å². The summed E-state index contributed by atoms with van der Waals surface area (Å²) in [5.74, 6) is -0.0248. The third kappa shape index (κ3) is 3.31. The van der Waals surface area contributed by atoms with E-state index in [9.17, 15) is 14.0 Å². The van der Waals surface area contributed by atoms with Crippen LogP contribution >= 0.6 is 0 Å². The largest absolute Gasteiger partial charge is 0.347 e. The number of halogens is 1. The van der Waals surface area contributed by atoms with Crippen LogP contribution in [-0.4, -0.2) is 33.3 Å². The summed E-state index contributed by atoms with van der Waals surface area (Å²) < 4.78 is 14.6. The maximum Gasteiger partial charge on any atom is 0.286 e.